The summed E-state index contributed by atoms with van der Waals surface area (Å²) in [6.07, 6.45) is 5.30. The van der Waals surface area contributed by atoms with Gasteiger partial charge in [-0.05, 0) is 36.6 Å². The number of hydrogen-bond acceptors (Lipinski definition) is 3. The third-order valence-electron chi connectivity index (χ3n) is 3.91. The molecule has 1 unspecified atom stereocenters. The monoisotopic (exact) mass is 315 g/mol. The summed E-state index contributed by atoms with van der Waals surface area (Å²) in [4.78, 5) is 18.6. The van der Waals surface area contributed by atoms with Crippen molar-refractivity contribution in [3.05, 3.63) is 53.3 Å². The Balaban J connectivity index is 1.84. The Morgan fingerprint density at radius 2 is 2.00 bits per heavy atom. The van der Waals surface area contributed by atoms with Crippen molar-refractivity contribution in [3.63, 3.8) is 0 Å². The molecule has 5 heteroatoms. The summed E-state index contributed by atoms with van der Waals surface area (Å²) >= 11 is 5.91. The Hall–Kier alpha value is -1.91. The normalized spacial score (nSPS) is 18.3. The van der Waals surface area contributed by atoms with Gasteiger partial charge in [-0.2, -0.15) is 0 Å². The summed E-state index contributed by atoms with van der Waals surface area (Å²) in [6.45, 7) is 1.38. The van der Waals surface area contributed by atoms with Gasteiger partial charge >= 0.3 is 0 Å². The molecule has 1 aromatic heterocycles. The van der Waals surface area contributed by atoms with E-state index in [1.165, 1.54) is 0 Å². The third kappa shape index (κ3) is 3.29. The number of nitrogens with two attached hydrogens (primary N) is 1. The van der Waals surface area contributed by atoms with Crippen LogP contribution in [0.15, 0.2) is 42.7 Å². The number of amides is 1. The van der Waals surface area contributed by atoms with Crippen molar-refractivity contribution in [1.29, 1.82) is 0 Å². The fourth-order valence-electron chi connectivity index (χ4n) is 2.73. The lowest BCUT2D eigenvalue weighted by Crippen LogP contribution is -2.45. The number of rotatable bonds is 2. The Bertz CT molecular complexity index is 672. The van der Waals surface area contributed by atoms with Crippen LogP contribution in [0.25, 0.3) is 11.1 Å². The van der Waals surface area contributed by atoms with E-state index in [-0.39, 0.29) is 11.9 Å². The number of pyridine rings is 1. The van der Waals surface area contributed by atoms with Gasteiger partial charge < -0.3 is 10.6 Å². The molecule has 22 heavy (non-hydrogen) atoms. The molecule has 0 spiro atoms. The maximum Gasteiger partial charge on any atom is 0.255 e. The zero-order valence-electron chi connectivity index (χ0n) is 12.2. The van der Waals surface area contributed by atoms with E-state index in [2.05, 4.69) is 4.98 Å². The van der Waals surface area contributed by atoms with Crippen LogP contribution in [0.3, 0.4) is 0 Å². The van der Waals surface area contributed by atoms with Crippen LogP contribution in [0.4, 0.5) is 0 Å². The number of carbonyl (C=O) groups is 1. The molecule has 2 N–H and O–H groups in total. The van der Waals surface area contributed by atoms with Gasteiger partial charge in [-0.3, -0.25) is 9.78 Å². The van der Waals surface area contributed by atoms with Gasteiger partial charge in [0, 0.05) is 42.1 Å². The molecule has 1 aliphatic heterocycles. The van der Waals surface area contributed by atoms with Crippen molar-refractivity contribution >= 4 is 17.5 Å². The van der Waals surface area contributed by atoms with Crippen LogP contribution in [-0.4, -0.2) is 34.9 Å². The third-order valence-corrected chi connectivity index (χ3v) is 4.16. The van der Waals surface area contributed by atoms with E-state index in [1.54, 1.807) is 12.4 Å². The number of hydrogen-bond donors (Lipinski definition) is 1. The highest BCUT2D eigenvalue weighted by Gasteiger charge is 2.22. The largest absolute Gasteiger partial charge is 0.337 e. The maximum absolute atomic E-state index is 12.6. The second-order valence-electron chi connectivity index (χ2n) is 5.62. The minimum absolute atomic E-state index is 0.00142. The minimum atomic E-state index is -0.00142. The predicted octanol–water partition coefficient (Wildman–Crippen LogP) is 2.97. The van der Waals surface area contributed by atoms with Gasteiger partial charge in [-0.1, -0.05) is 23.7 Å². The van der Waals surface area contributed by atoms with E-state index in [4.69, 9.17) is 17.3 Å². The number of halogens is 1. The van der Waals surface area contributed by atoms with E-state index in [0.717, 1.165) is 30.5 Å². The summed E-state index contributed by atoms with van der Waals surface area (Å²) in [5.41, 5.74) is 8.45. The molecule has 2 heterocycles. The highest BCUT2D eigenvalue weighted by atomic mass is 35.5. The van der Waals surface area contributed by atoms with E-state index in [9.17, 15) is 4.79 Å². The molecule has 1 amide bonds. The average Bonchev–Trinajstić information content (AvgIpc) is 2.55. The lowest BCUT2D eigenvalue weighted by atomic mass is 10.0. The predicted molar refractivity (Wildman–Crippen MR) is 87.8 cm³/mol. The van der Waals surface area contributed by atoms with Crippen LogP contribution in [0.2, 0.25) is 5.02 Å². The van der Waals surface area contributed by atoms with Crippen molar-refractivity contribution in [3.8, 4) is 11.1 Å². The number of nitrogens with zero attached hydrogens (tertiary/aromatic N) is 2. The van der Waals surface area contributed by atoms with Gasteiger partial charge in [-0.15, -0.1) is 0 Å². The van der Waals surface area contributed by atoms with Crippen LogP contribution in [0.5, 0.6) is 0 Å². The molecule has 0 saturated carbocycles. The number of aromatic nitrogens is 1. The van der Waals surface area contributed by atoms with Crippen LogP contribution in [-0.2, 0) is 0 Å². The Labute approximate surface area is 134 Å². The van der Waals surface area contributed by atoms with Crippen molar-refractivity contribution in [1.82, 2.24) is 9.88 Å². The Morgan fingerprint density at radius 1 is 1.23 bits per heavy atom. The van der Waals surface area contributed by atoms with Gasteiger partial charge in [0.15, 0.2) is 0 Å². The fourth-order valence-corrected chi connectivity index (χ4v) is 2.86. The summed E-state index contributed by atoms with van der Waals surface area (Å²) in [6, 6.07) is 9.45. The van der Waals surface area contributed by atoms with Crippen LogP contribution in [0.1, 0.15) is 23.2 Å². The molecular formula is C17H18ClN3O. The van der Waals surface area contributed by atoms with Crippen molar-refractivity contribution < 1.29 is 4.79 Å². The Morgan fingerprint density at radius 3 is 2.73 bits per heavy atom. The first-order chi connectivity index (χ1) is 10.6. The highest BCUT2D eigenvalue weighted by molar-refractivity contribution is 6.30. The van der Waals surface area contributed by atoms with Gasteiger partial charge in [0.2, 0.25) is 0 Å². The topological polar surface area (TPSA) is 59.2 Å². The van der Waals surface area contributed by atoms with E-state index < -0.39 is 0 Å². The lowest BCUT2D eigenvalue weighted by molar-refractivity contribution is 0.0708. The van der Waals surface area contributed by atoms with Crippen molar-refractivity contribution in [2.24, 2.45) is 5.73 Å². The number of carbonyl (C=O) groups excluding carboxylic acids is 1. The second kappa shape index (κ2) is 6.46. The van der Waals surface area contributed by atoms with Crippen molar-refractivity contribution in [2.45, 2.75) is 18.9 Å². The van der Waals surface area contributed by atoms with E-state index >= 15 is 0 Å². The first-order valence-electron chi connectivity index (χ1n) is 7.39. The summed E-state index contributed by atoms with van der Waals surface area (Å²) < 4.78 is 0. The first-order valence-corrected chi connectivity index (χ1v) is 7.77. The SMILES string of the molecule is NC1CCCN(C(=O)c2cncc(-c3ccc(Cl)cc3)c2)C1. The maximum atomic E-state index is 12.6. The average molecular weight is 316 g/mol. The molecule has 1 saturated heterocycles. The highest BCUT2D eigenvalue weighted by Crippen LogP contribution is 2.22. The second-order valence-corrected chi connectivity index (χ2v) is 6.06. The number of benzene rings is 1. The quantitative estimate of drug-likeness (QED) is 0.927. The summed E-state index contributed by atoms with van der Waals surface area (Å²) in [5.74, 6) is -0.00142. The van der Waals surface area contributed by atoms with Crippen molar-refractivity contribution in [2.75, 3.05) is 13.1 Å². The van der Waals surface area contributed by atoms with Gasteiger partial charge in [0.05, 0.1) is 5.56 Å². The van der Waals surface area contributed by atoms with Gasteiger partial charge in [0.25, 0.3) is 5.91 Å². The molecular weight excluding hydrogens is 298 g/mol. The molecule has 0 radical (unpaired) electrons. The van der Waals surface area contributed by atoms with Crippen LogP contribution in [0, 0.1) is 0 Å². The number of likely N-dealkylation sites (tertiary alicyclic amines) is 1. The zero-order chi connectivity index (χ0) is 15.5. The molecule has 4 nitrogen and oxygen atoms in total. The minimum Gasteiger partial charge on any atom is -0.337 e. The van der Waals surface area contributed by atoms with Crippen LogP contribution >= 0.6 is 11.6 Å². The molecule has 114 valence electrons. The van der Waals surface area contributed by atoms with Gasteiger partial charge in [0.1, 0.15) is 0 Å². The van der Waals surface area contributed by atoms with Crippen LogP contribution < -0.4 is 5.73 Å². The Kier molecular flexibility index (Phi) is 4.41. The summed E-state index contributed by atoms with van der Waals surface area (Å²) in [5, 5.41) is 0.686. The smallest absolute Gasteiger partial charge is 0.255 e. The molecule has 1 aliphatic rings. The molecule has 3 rings (SSSR count). The molecule has 0 bridgehead atoms. The standard InChI is InChI=1S/C17H18ClN3O/c18-15-5-3-12(4-6-15)13-8-14(10-20-9-13)17(22)21-7-1-2-16(19)11-21/h3-6,8-10,16H,1-2,7,11,19H2. The molecule has 1 aromatic carbocycles. The fraction of sp³-hybridized carbons (Fsp3) is 0.294. The molecule has 2 aromatic rings. The van der Waals surface area contributed by atoms with E-state index in [0.29, 0.717) is 17.1 Å². The molecule has 1 atom stereocenters. The first kappa shape index (κ1) is 15.0. The summed E-state index contributed by atoms with van der Waals surface area (Å²) in [7, 11) is 0. The zero-order valence-corrected chi connectivity index (χ0v) is 13.0. The molecule has 1 fully saturated rings. The lowest BCUT2D eigenvalue weighted by Gasteiger charge is -2.30. The van der Waals surface area contributed by atoms with Gasteiger partial charge in [-0.25, -0.2) is 0 Å². The van der Waals surface area contributed by atoms with E-state index in [1.807, 2.05) is 35.2 Å². The molecule has 0 aliphatic carbocycles. The number of piperidine rings is 1.